The summed E-state index contributed by atoms with van der Waals surface area (Å²) in [4.78, 5) is 5.02. The van der Waals surface area contributed by atoms with Gasteiger partial charge in [-0.05, 0) is 37.1 Å². The lowest BCUT2D eigenvalue weighted by atomic mass is 9.96. The first-order chi connectivity index (χ1) is 16.2. The molecule has 0 radical (unpaired) electrons. The minimum atomic E-state index is 0.0881. The quantitative estimate of drug-likeness (QED) is 0.397. The van der Waals surface area contributed by atoms with Gasteiger partial charge in [-0.15, -0.1) is 10.2 Å². The predicted octanol–water partition coefficient (Wildman–Crippen LogP) is 5.51. The number of piperazine rings is 1. The number of hydrogen-bond acceptors (Lipinski definition) is 5. The summed E-state index contributed by atoms with van der Waals surface area (Å²) in [7, 11) is 0. The summed E-state index contributed by atoms with van der Waals surface area (Å²) in [5, 5.41) is 8.69. The molecule has 1 fully saturated rings. The Hall–Kier alpha value is -3.28. The third-order valence-electron chi connectivity index (χ3n) is 6.56. The second kappa shape index (κ2) is 9.69. The first-order valence-corrected chi connectivity index (χ1v) is 11.7. The van der Waals surface area contributed by atoms with Crippen LogP contribution in [0, 0.1) is 6.92 Å². The van der Waals surface area contributed by atoms with Gasteiger partial charge in [-0.3, -0.25) is 9.80 Å². The lowest BCUT2D eigenvalue weighted by Crippen LogP contribution is -2.48. The molecule has 0 N–H and O–H groups in total. The van der Waals surface area contributed by atoms with Crippen LogP contribution in [0.25, 0.3) is 11.5 Å². The number of rotatable bonds is 6. The van der Waals surface area contributed by atoms with Crippen molar-refractivity contribution in [1.29, 1.82) is 0 Å². The summed E-state index contributed by atoms with van der Waals surface area (Å²) in [5.74, 6) is 1.27. The van der Waals surface area contributed by atoms with Crippen LogP contribution < -0.4 is 0 Å². The number of nitrogens with zero attached hydrogens (tertiary/aromatic N) is 4. The Kier molecular flexibility index (Phi) is 6.33. The SMILES string of the molecule is Cc1cccc(-c2nnc([C@@H](C)N3CCN(C(c4ccccc4)c4ccccc4)CC3)o2)c1. The monoisotopic (exact) mass is 438 g/mol. The molecule has 1 aliphatic rings. The Morgan fingerprint density at radius 3 is 1.94 bits per heavy atom. The standard InChI is InChI=1S/C28H30N4O/c1-21-10-9-15-25(20-21)28-30-29-27(33-28)22(2)31-16-18-32(19-17-31)26(23-11-5-3-6-12-23)24-13-7-4-8-14-24/h3-15,20,22,26H,16-19H2,1-2H3/t22-/m1/s1. The van der Waals surface area contributed by atoms with Crippen molar-refractivity contribution in [3.05, 3.63) is 108 Å². The first kappa shape index (κ1) is 21.6. The topological polar surface area (TPSA) is 45.4 Å². The molecular weight excluding hydrogens is 408 g/mol. The van der Waals surface area contributed by atoms with E-state index >= 15 is 0 Å². The van der Waals surface area contributed by atoms with Gasteiger partial charge in [0.1, 0.15) is 0 Å². The van der Waals surface area contributed by atoms with Crippen LogP contribution in [-0.2, 0) is 0 Å². The lowest BCUT2D eigenvalue weighted by molar-refractivity contribution is 0.0751. The third-order valence-corrected chi connectivity index (χ3v) is 6.56. The molecule has 0 saturated carbocycles. The number of benzene rings is 3. The molecule has 5 heteroatoms. The molecule has 1 aliphatic heterocycles. The van der Waals surface area contributed by atoms with E-state index in [2.05, 4.69) is 107 Å². The smallest absolute Gasteiger partial charge is 0.247 e. The number of aromatic nitrogens is 2. The molecule has 1 aromatic heterocycles. The molecule has 0 aliphatic carbocycles. The van der Waals surface area contributed by atoms with Gasteiger partial charge in [0, 0.05) is 31.7 Å². The van der Waals surface area contributed by atoms with Gasteiger partial charge >= 0.3 is 0 Å². The van der Waals surface area contributed by atoms with Crippen molar-refractivity contribution < 1.29 is 4.42 Å². The Labute approximate surface area is 195 Å². The fourth-order valence-corrected chi connectivity index (χ4v) is 4.72. The second-order valence-electron chi connectivity index (χ2n) is 8.79. The predicted molar refractivity (Wildman–Crippen MR) is 131 cm³/mol. The highest BCUT2D eigenvalue weighted by molar-refractivity contribution is 5.53. The Balaban J connectivity index is 1.29. The zero-order chi connectivity index (χ0) is 22.6. The molecule has 5 rings (SSSR count). The molecule has 2 heterocycles. The van der Waals surface area contributed by atoms with Crippen LogP contribution in [0.15, 0.2) is 89.3 Å². The second-order valence-corrected chi connectivity index (χ2v) is 8.79. The third kappa shape index (κ3) is 4.75. The van der Waals surface area contributed by atoms with Gasteiger partial charge in [0.25, 0.3) is 0 Å². The van der Waals surface area contributed by atoms with E-state index < -0.39 is 0 Å². The summed E-state index contributed by atoms with van der Waals surface area (Å²) in [6, 6.07) is 30.2. The molecule has 0 unspecified atom stereocenters. The maximum absolute atomic E-state index is 6.08. The van der Waals surface area contributed by atoms with Gasteiger partial charge < -0.3 is 4.42 Å². The van der Waals surface area contributed by atoms with Gasteiger partial charge in [-0.25, -0.2) is 0 Å². The highest BCUT2D eigenvalue weighted by Gasteiger charge is 2.30. The van der Waals surface area contributed by atoms with Crippen molar-refractivity contribution in [2.24, 2.45) is 0 Å². The zero-order valence-electron chi connectivity index (χ0n) is 19.3. The molecule has 0 bridgehead atoms. The normalized spacial score (nSPS) is 16.2. The summed E-state index contributed by atoms with van der Waals surface area (Å²) in [5.41, 5.74) is 4.83. The summed E-state index contributed by atoms with van der Waals surface area (Å²) in [6.07, 6.45) is 0. The van der Waals surface area contributed by atoms with Crippen molar-refractivity contribution in [1.82, 2.24) is 20.0 Å². The van der Waals surface area contributed by atoms with E-state index in [0.717, 1.165) is 31.7 Å². The molecule has 1 atom stereocenters. The van der Waals surface area contributed by atoms with Crippen LogP contribution in [0.3, 0.4) is 0 Å². The lowest BCUT2D eigenvalue weighted by Gasteiger charge is -2.41. The maximum Gasteiger partial charge on any atom is 0.247 e. The van der Waals surface area contributed by atoms with E-state index in [0.29, 0.717) is 11.8 Å². The van der Waals surface area contributed by atoms with Crippen LogP contribution >= 0.6 is 0 Å². The first-order valence-electron chi connectivity index (χ1n) is 11.7. The van der Waals surface area contributed by atoms with Crippen molar-refractivity contribution >= 4 is 0 Å². The van der Waals surface area contributed by atoms with Gasteiger partial charge in [-0.1, -0.05) is 78.4 Å². The van der Waals surface area contributed by atoms with Crippen LogP contribution in [0.2, 0.25) is 0 Å². The van der Waals surface area contributed by atoms with Gasteiger partial charge in [0.15, 0.2) is 0 Å². The van der Waals surface area contributed by atoms with Crippen LogP contribution in [0.1, 0.15) is 41.6 Å². The maximum atomic E-state index is 6.08. The minimum absolute atomic E-state index is 0.0881. The van der Waals surface area contributed by atoms with E-state index in [1.807, 2.05) is 12.1 Å². The van der Waals surface area contributed by atoms with Gasteiger partial charge in [0.2, 0.25) is 11.8 Å². The average molecular weight is 439 g/mol. The molecule has 0 amide bonds. The van der Waals surface area contributed by atoms with E-state index in [1.165, 1.54) is 16.7 Å². The van der Waals surface area contributed by atoms with E-state index in [4.69, 9.17) is 4.42 Å². The molecule has 0 spiro atoms. The molecule has 4 aromatic rings. The fourth-order valence-electron chi connectivity index (χ4n) is 4.72. The summed E-state index contributed by atoms with van der Waals surface area (Å²) in [6.45, 7) is 8.12. The van der Waals surface area contributed by atoms with Gasteiger partial charge in [-0.2, -0.15) is 0 Å². The van der Waals surface area contributed by atoms with E-state index in [-0.39, 0.29) is 12.1 Å². The average Bonchev–Trinajstić information content (AvgIpc) is 3.36. The Morgan fingerprint density at radius 1 is 0.727 bits per heavy atom. The van der Waals surface area contributed by atoms with E-state index in [1.54, 1.807) is 0 Å². The minimum Gasteiger partial charge on any atom is -0.419 e. The van der Waals surface area contributed by atoms with Crippen LogP contribution in [0.4, 0.5) is 0 Å². The van der Waals surface area contributed by atoms with Crippen molar-refractivity contribution in [2.75, 3.05) is 26.2 Å². The molecule has 168 valence electrons. The number of hydrogen-bond donors (Lipinski definition) is 0. The molecular formula is C28H30N4O. The van der Waals surface area contributed by atoms with Crippen molar-refractivity contribution in [3.8, 4) is 11.5 Å². The van der Waals surface area contributed by atoms with E-state index in [9.17, 15) is 0 Å². The fraction of sp³-hybridized carbons (Fsp3) is 0.286. The molecule has 33 heavy (non-hydrogen) atoms. The van der Waals surface area contributed by atoms with Crippen LogP contribution in [-0.4, -0.2) is 46.2 Å². The number of aryl methyl sites for hydroxylation is 1. The van der Waals surface area contributed by atoms with Crippen molar-refractivity contribution in [2.45, 2.75) is 25.9 Å². The largest absolute Gasteiger partial charge is 0.419 e. The van der Waals surface area contributed by atoms with Crippen LogP contribution in [0.5, 0.6) is 0 Å². The van der Waals surface area contributed by atoms with Crippen molar-refractivity contribution in [3.63, 3.8) is 0 Å². The molecule has 3 aromatic carbocycles. The Bertz CT molecular complexity index is 1130. The highest BCUT2D eigenvalue weighted by Crippen LogP contribution is 2.31. The highest BCUT2D eigenvalue weighted by atomic mass is 16.4. The molecule has 5 nitrogen and oxygen atoms in total. The summed E-state index contributed by atoms with van der Waals surface area (Å²) < 4.78 is 6.08. The zero-order valence-corrected chi connectivity index (χ0v) is 19.3. The Morgan fingerprint density at radius 2 is 1.33 bits per heavy atom. The summed E-state index contributed by atoms with van der Waals surface area (Å²) >= 11 is 0. The molecule has 1 saturated heterocycles. The van der Waals surface area contributed by atoms with Gasteiger partial charge in [0.05, 0.1) is 12.1 Å².